The van der Waals surface area contributed by atoms with Gasteiger partial charge in [-0.1, -0.05) is 42.3 Å². The molecule has 3 rings (SSSR count). The van der Waals surface area contributed by atoms with Crippen molar-refractivity contribution in [3.8, 4) is 11.5 Å². The Kier molecular flexibility index (Phi) is 8.26. The van der Waals surface area contributed by atoms with Crippen LogP contribution in [0.4, 0.5) is 0 Å². The van der Waals surface area contributed by atoms with Crippen LogP contribution >= 0.6 is 23.2 Å². The van der Waals surface area contributed by atoms with Crippen LogP contribution in [0.2, 0.25) is 10.0 Å². The van der Waals surface area contributed by atoms with Crippen molar-refractivity contribution >= 4 is 35.0 Å². The minimum absolute atomic E-state index is 0.0266. The second-order valence-corrected chi connectivity index (χ2v) is 8.88. The zero-order chi connectivity index (χ0) is 23.3. The predicted octanol–water partition coefficient (Wildman–Crippen LogP) is 4.99. The molecule has 0 bridgehead atoms. The van der Waals surface area contributed by atoms with Crippen LogP contribution in [-0.2, 0) is 22.6 Å². The van der Waals surface area contributed by atoms with Crippen molar-refractivity contribution in [3.63, 3.8) is 0 Å². The minimum atomic E-state index is -0.603. The van der Waals surface area contributed by atoms with Crippen LogP contribution in [0.1, 0.15) is 44.7 Å². The third kappa shape index (κ3) is 6.08. The van der Waals surface area contributed by atoms with Crippen molar-refractivity contribution in [2.24, 2.45) is 0 Å². The fourth-order valence-corrected chi connectivity index (χ4v) is 4.09. The summed E-state index contributed by atoms with van der Waals surface area (Å²) in [5.41, 5.74) is 1.70. The molecular formula is C24H28Cl2N2O4. The number of carbonyl (C=O) groups is 2. The maximum Gasteiger partial charge on any atom is 0.243 e. The Labute approximate surface area is 198 Å². The van der Waals surface area contributed by atoms with Crippen molar-refractivity contribution in [2.75, 3.05) is 6.79 Å². The molecule has 0 radical (unpaired) electrons. The summed E-state index contributed by atoms with van der Waals surface area (Å²) in [6.07, 6.45) is 1.25. The molecule has 1 aliphatic heterocycles. The van der Waals surface area contributed by atoms with Crippen molar-refractivity contribution in [2.45, 2.75) is 58.7 Å². The number of rotatable bonds is 9. The first kappa shape index (κ1) is 24.2. The van der Waals surface area contributed by atoms with Gasteiger partial charge in [0.05, 0.1) is 0 Å². The summed E-state index contributed by atoms with van der Waals surface area (Å²) in [6, 6.07) is 10.2. The van der Waals surface area contributed by atoms with Crippen molar-refractivity contribution in [1.29, 1.82) is 0 Å². The van der Waals surface area contributed by atoms with E-state index < -0.39 is 6.04 Å². The number of halogens is 2. The van der Waals surface area contributed by atoms with Crippen LogP contribution in [-0.4, -0.2) is 35.6 Å². The molecule has 0 fully saturated rings. The summed E-state index contributed by atoms with van der Waals surface area (Å²) in [7, 11) is 0. The molecule has 6 nitrogen and oxygen atoms in total. The van der Waals surface area contributed by atoms with Crippen molar-refractivity contribution in [1.82, 2.24) is 10.2 Å². The number of amides is 2. The normalized spacial score (nSPS) is 13.2. The Morgan fingerprint density at radius 1 is 1.09 bits per heavy atom. The van der Waals surface area contributed by atoms with Gasteiger partial charge < -0.3 is 19.7 Å². The molecule has 172 valence electrons. The number of carbonyl (C=O) groups excluding carboxylic acids is 2. The van der Waals surface area contributed by atoms with Gasteiger partial charge in [-0.15, -0.1) is 0 Å². The summed E-state index contributed by atoms with van der Waals surface area (Å²) in [6.45, 7) is 6.11. The maximum atomic E-state index is 13.3. The Balaban J connectivity index is 1.79. The standard InChI is InChI=1S/C24H28Cl2N2O4/c1-4-20(24(30)27-15(2)3)28(13-17-7-8-18(25)12-19(17)26)23(29)10-6-16-5-9-21-22(11-16)32-14-31-21/h5,7-9,11-12,15,20H,4,6,10,13-14H2,1-3H3,(H,27,30)/t20-/m0/s1. The average molecular weight is 479 g/mol. The molecule has 1 atom stereocenters. The van der Waals surface area contributed by atoms with Gasteiger partial charge in [0.2, 0.25) is 18.6 Å². The highest BCUT2D eigenvalue weighted by molar-refractivity contribution is 6.35. The molecule has 2 aromatic carbocycles. The second-order valence-electron chi connectivity index (χ2n) is 8.03. The Bertz CT molecular complexity index is 980. The summed E-state index contributed by atoms with van der Waals surface area (Å²) >= 11 is 12.4. The number of hydrogen-bond acceptors (Lipinski definition) is 4. The number of hydrogen-bond donors (Lipinski definition) is 1. The highest BCUT2D eigenvalue weighted by atomic mass is 35.5. The first-order valence-electron chi connectivity index (χ1n) is 10.7. The topological polar surface area (TPSA) is 67.9 Å². The molecule has 0 saturated heterocycles. The van der Waals surface area contributed by atoms with Gasteiger partial charge >= 0.3 is 0 Å². The van der Waals surface area contributed by atoms with Crippen LogP contribution in [0.3, 0.4) is 0 Å². The van der Waals surface area contributed by atoms with E-state index in [9.17, 15) is 9.59 Å². The molecule has 0 aliphatic carbocycles. The van der Waals surface area contributed by atoms with E-state index in [0.29, 0.717) is 34.4 Å². The summed E-state index contributed by atoms with van der Waals surface area (Å²) in [4.78, 5) is 27.8. The highest BCUT2D eigenvalue weighted by Crippen LogP contribution is 2.33. The zero-order valence-corrected chi connectivity index (χ0v) is 20.0. The number of nitrogens with one attached hydrogen (secondary N) is 1. The lowest BCUT2D eigenvalue weighted by Crippen LogP contribution is -2.50. The number of benzene rings is 2. The van der Waals surface area contributed by atoms with Crippen LogP contribution in [0.5, 0.6) is 11.5 Å². The van der Waals surface area contributed by atoms with E-state index >= 15 is 0 Å². The lowest BCUT2D eigenvalue weighted by Gasteiger charge is -2.31. The van der Waals surface area contributed by atoms with Gasteiger partial charge in [0.25, 0.3) is 0 Å². The van der Waals surface area contributed by atoms with Gasteiger partial charge in [-0.2, -0.15) is 0 Å². The van der Waals surface area contributed by atoms with Gasteiger partial charge in [0.1, 0.15) is 6.04 Å². The van der Waals surface area contributed by atoms with Crippen molar-refractivity contribution in [3.05, 3.63) is 57.6 Å². The van der Waals surface area contributed by atoms with Crippen molar-refractivity contribution < 1.29 is 19.1 Å². The third-order valence-electron chi connectivity index (χ3n) is 5.24. The quantitative estimate of drug-likeness (QED) is 0.551. The smallest absolute Gasteiger partial charge is 0.243 e. The van der Waals surface area contributed by atoms with Crippen LogP contribution in [0.25, 0.3) is 0 Å². The van der Waals surface area contributed by atoms with Crippen LogP contribution in [0, 0.1) is 0 Å². The lowest BCUT2D eigenvalue weighted by molar-refractivity contribution is -0.141. The molecular weight excluding hydrogens is 451 g/mol. The van der Waals surface area contributed by atoms with E-state index in [4.69, 9.17) is 32.7 Å². The second kappa shape index (κ2) is 10.9. The average Bonchev–Trinajstić information content (AvgIpc) is 3.20. The van der Waals surface area contributed by atoms with Crippen LogP contribution < -0.4 is 14.8 Å². The van der Waals surface area contributed by atoms with Gasteiger partial charge in [-0.3, -0.25) is 9.59 Å². The molecule has 2 amide bonds. The number of aryl methyl sites for hydroxylation is 1. The first-order valence-corrected chi connectivity index (χ1v) is 11.5. The largest absolute Gasteiger partial charge is 0.454 e. The molecule has 2 aromatic rings. The Morgan fingerprint density at radius 2 is 1.84 bits per heavy atom. The molecule has 0 saturated carbocycles. The predicted molar refractivity (Wildman–Crippen MR) is 125 cm³/mol. The molecule has 0 aromatic heterocycles. The van der Waals surface area contributed by atoms with Gasteiger partial charge in [0.15, 0.2) is 11.5 Å². The van der Waals surface area contributed by atoms with E-state index in [1.54, 1.807) is 23.1 Å². The van der Waals surface area contributed by atoms with E-state index in [2.05, 4.69) is 5.32 Å². The van der Waals surface area contributed by atoms with Crippen LogP contribution in [0.15, 0.2) is 36.4 Å². The molecule has 32 heavy (non-hydrogen) atoms. The maximum absolute atomic E-state index is 13.3. The monoisotopic (exact) mass is 478 g/mol. The highest BCUT2D eigenvalue weighted by Gasteiger charge is 2.29. The summed E-state index contributed by atoms with van der Waals surface area (Å²) < 4.78 is 10.8. The first-order chi connectivity index (χ1) is 15.3. The Hall–Kier alpha value is -2.44. The van der Waals surface area contributed by atoms with Gasteiger partial charge in [-0.25, -0.2) is 0 Å². The van der Waals surface area contributed by atoms with E-state index in [1.165, 1.54) is 0 Å². The SMILES string of the molecule is CC[C@@H](C(=O)NC(C)C)N(Cc1ccc(Cl)cc1Cl)C(=O)CCc1ccc2c(c1)OCO2. The molecule has 8 heteroatoms. The zero-order valence-electron chi connectivity index (χ0n) is 18.5. The number of fused-ring (bicyclic) bond motifs is 1. The number of ether oxygens (including phenoxy) is 2. The fourth-order valence-electron chi connectivity index (χ4n) is 3.62. The molecule has 1 aliphatic rings. The Morgan fingerprint density at radius 3 is 2.53 bits per heavy atom. The molecule has 1 N–H and O–H groups in total. The summed E-state index contributed by atoms with van der Waals surface area (Å²) in [5, 5.41) is 3.90. The minimum Gasteiger partial charge on any atom is -0.454 e. The molecule has 0 spiro atoms. The summed E-state index contributed by atoms with van der Waals surface area (Å²) in [5.74, 6) is 1.08. The van der Waals surface area contributed by atoms with E-state index in [0.717, 1.165) is 11.1 Å². The van der Waals surface area contributed by atoms with Gasteiger partial charge in [-0.05, 0) is 62.1 Å². The van der Waals surface area contributed by atoms with Gasteiger partial charge in [0, 0.05) is 29.1 Å². The number of nitrogens with zero attached hydrogens (tertiary/aromatic N) is 1. The third-order valence-corrected chi connectivity index (χ3v) is 5.82. The molecule has 1 heterocycles. The van der Waals surface area contributed by atoms with E-state index in [-0.39, 0.29) is 37.6 Å². The molecule has 0 unspecified atom stereocenters. The fraction of sp³-hybridized carbons (Fsp3) is 0.417. The van der Waals surface area contributed by atoms with E-state index in [1.807, 2.05) is 39.0 Å². The lowest BCUT2D eigenvalue weighted by atomic mass is 10.1.